The van der Waals surface area contributed by atoms with Crippen molar-refractivity contribution in [2.45, 2.75) is 19.3 Å². The highest BCUT2D eigenvalue weighted by molar-refractivity contribution is 7.89. The van der Waals surface area contributed by atoms with E-state index >= 15 is 0 Å². The van der Waals surface area contributed by atoms with Crippen LogP contribution in [0.3, 0.4) is 0 Å². The highest BCUT2D eigenvalue weighted by Gasteiger charge is 2.21. The van der Waals surface area contributed by atoms with Crippen LogP contribution in [0.4, 0.5) is 0 Å². The zero-order valence-corrected chi connectivity index (χ0v) is 14.1. The summed E-state index contributed by atoms with van der Waals surface area (Å²) < 4.78 is 36.7. The Balaban J connectivity index is 1.69. The fourth-order valence-corrected chi connectivity index (χ4v) is 2.94. The Morgan fingerprint density at radius 2 is 2.09 bits per heavy atom. The summed E-state index contributed by atoms with van der Waals surface area (Å²) in [7, 11) is -3.34. The number of aliphatic hydroxyl groups excluding tert-OH is 1. The molecule has 1 aliphatic carbocycles. The smallest absolute Gasteiger partial charge is 0.213 e. The number of benzene rings is 1. The molecule has 1 aromatic carbocycles. The summed E-state index contributed by atoms with van der Waals surface area (Å²) in [6.45, 7) is 1.24. The van der Waals surface area contributed by atoms with E-state index in [1.54, 1.807) is 0 Å². The lowest BCUT2D eigenvalue weighted by Crippen LogP contribution is -2.30. The summed E-state index contributed by atoms with van der Waals surface area (Å²) in [6, 6.07) is 7.77. The number of hydrogen-bond donors (Lipinski definition) is 2. The molecule has 0 radical (unpaired) electrons. The molecule has 6 nitrogen and oxygen atoms in total. The van der Waals surface area contributed by atoms with Crippen LogP contribution in [0.25, 0.3) is 0 Å². The first-order valence-corrected chi connectivity index (χ1v) is 9.62. The zero-order chi connectivity index (χ0) is 16.5. The monoisotopic (exact) mass is 343 g/mol. The standard InChI is InChI=1S/C16H25NO5S/c18-8-9-21-10-11-23(19,20)17-7-6-14-2-1-3-16(12-14)22-13-15-4-5-15/h1-3,12,15,17-18H,4-11,13H2. The topological polar surface area (TPSA) is 84.9 Å². The fourth-order valence-electron chi connectivity index (χ4n) is 2.05. The van der Waals surface area contributed by atoms with E-state index in [0.717, 1.165) is 17.9 Å². The number of sulfonamides is 1. The van der Waals surface area contributed by atoms with E-state index in [-0.39, 0.29) is 25.6 Å². The van der Waals surface area contributed by atoms with E-state index in [0.29, 0.717) is 18.9 Å². The molecule has 23 heavy (non-hydrogen) atoms. The maximum Gasteiger partial charge on any atom is 0.213 e. The van der Waals surface area contributed by atoms with Gasteiger partial charge in [0.1, 0.15) is 5.75 Å². The van der Waals surface area contributed by atoms with Gasteiger partial charge in [-0.25, -0.2) is 13.1 Å². The van der Waals surface area contributed by atoms with E-state index in [1.165, 1.54) is 12.8 Å². The molecule has 0 saturated heterocycles. The van der Waals surface area contributed by atoms with Gasteiger partial charge in [-0.3, -0.25) is 0 Å². The first-order valence-electron chi connectivity index (χ1n) is 7.97. The zero-order valence-electron chi connectivity index (χ0n) is 13.2. The average molecular weight is 343 g/mol. The second-order valence-corrected chi connectivity index (χ2v) is 7.63. The van der Waals surface area contributed by atoms with Gasteiger partial charge in [0.25, 0.3) is 0 Å². The summed E-state index contributed by atoms with van der Waals surface area (Å²) in [5.41, 5.74) is 1.04. The summed E-state index contributed by atoms with van der Waals surface area (Å²) >= 11 is 0. The van der Waals surface area contributed by atoms with Gasteiger partial charge < -0.3 is 14.6 Å². The van der Waals surface area contributed by atoms with Crippen molar-refractivity contribution < 1.29 is 23.0 Å². The third-order valence-corrected chi connectivity index (χ3v) is 4.90. The first-order chi connectivity index (χ1) is 11.1. The lowest BCUT2D eigenvalue weighted by atomic mass is 10.1. The van der Waals surface area contributed by atoms with Crippen molar-refractivity contribution in [3.05, 3.63) is 29.8 Å². The van der Waals surface area contributed by atoms with Crippen LogP contribution < -0.4 is 9.46 Å². The normalized spacial score (nSPS) is 14.8. The van der Waals surface area contributed by atoms with Crippen LogP contribution in [0.1, 0.15) is 18.4 Å². The molecule has 0 atom stereocenters. The van der Waals surface area contributed by atoms with Crippen LogP contribution in [-0.4, -0.2) is 52.2 Å². The van der Waals surface area contributed by atoms with Crippen LogP contribution in [0, 0.1) is 5.92 Å². The molecule has 2 rings (SSSR count). The van der Waals surface area contributed by atoms with Gasteiger partial charge in [-0.15, -0.1) is 0 Å². The van der Waals surface area contributed by atoms with Gasteiger partial charge in [-0.1, -0.05) is 12.1 Å². The Hall–Kier alpha value is -1.15. The van der Waals surface area contributed by atoms with Gasteiger partial charge in [-0.05, 0) is 42.9 Å². The molecule has 1 aromatic rings. The van der Waals surface area contributed by atoms with Crippen LogP contribution in [0.15, 0.2) is 24.3 Å². The highest BCUT2D eigenvalue weighted by atomic mass is 32.2. The summed E-state index contributed by atoms with van der Waals surface area (Å²) in [5, 5.41) is 8.56. The third kappa shape index (κ3) is 7.78. The fraction of sp³-hybridized carbons (Fsp3) is 0.625. The molecule has 130 valence electrons. The molecular formula is C16H25NO5S. The van der Waals surface area contributed by atoms with Crippen molar-refractivity contribution in [3.8, 4) is 5.75 Å². The van der Waals surface area contributed by atoms with Crippen LogP contribution in [-0.2, 0) is 21.2 Å². The van der Waals surface area contributed by atoms with Gasteiger partial charge >= 0.3 is 0 Å². The summed E-state index contributed by atoms with van der Waals surface area (Å²) in [6.07, 6.45) is 3.12. The van der Waals surface area contributed by atoms with Crippen molar-refractivity contribution in [2.75, 3.05) is 38.7 Å². The van der Waals surface area contributed by atoms with E-state index in [1.807, 2.05) is 24.3 Å². The molecular weight excluding hydrogens is 318 g/mol. The number of hydrogen-bond acceptors (Lipinski definition) is 5. The maximum atomic E-state index is 11.8. The molecule has 0 aliphatic heterocycles. The number of nitrogens with one attached hydrogen (secondary N) is 1. The molecule has 2 N–H and O–H groups in total. The van der Waals surface area contributed by atoms with Gasteiger partial charge in [0.05, 0.1) is 32.2 Å². The minimum Gasteiger partial charge on any atom is -0.493 e. The molecule has 1 aliphatic rings. The Kier molecular flexibility index (Phi) is 7.29. The Morgan fingerprint density at radius 3 is 2.83 bits per heavy atom. The lowest BCUT2D eigenvalue weighted by Gasteiger charge is -2.09. The van der Waals surface area contributed by atoms with Gasteiger partial charge in [0, 0.05) is 6.54 Å². The average Bonchev–Trinajstić information content (AvgIpc) is 3.34. The number of rotatable bonds is 12. The Morgan fingerprint density at radius 1 is 1.26 bits per heavy atom. The van der Waals surface area contributed by atoms with Crippen molar-refractivity contribution in [3.63, 3.8) is 0 Å². The van der Waals surface area contributed by atoms with E-state index in [4.69, 9.17) is 14.6 Å². The quantitative estimate of drug-likeness (QED) is 0.552. The summed E-state index contributed by atoms with van der Waals surface area (Å²) in [4.78, 5) is 0. The Labute approximate surface area is 137 Å². The van der Waals surface area contributed by atoms with Crippen molar-refractivity contribution >= 4 is 10.0 Å². The van der Waals surface area contributed by atoms with Crippen molar-refractivity contribution in [2.24, 2.45) is 5.92 Å². The Bertz CT molecular complexity index is 572. The third-order valence-electron chi connectivity index (χ3n) is 3.55. The molecule has 0 spiro atoms. The molecule has 1 fully saturated rings. The molecule has 1 saturated carbocycles. The maximum absolute atomic E-state index is 11.8. The lowest BCUT2D eigenvalue weighted by molar-refractivity contribution is 0.103. The first kappa shape index (κ1) is 18.2. The summed E-state index contributed by atoms with van der Waals surface area (Å²) in [5.74, 6) is 1.45. The number of ether oxygens (including phenoxy) is 2. The highest BCUT2D eigenvalue weighted by Crippen LogP contribution is 2.29. The SMILES string of the molecule is O=S(=O)(CCOCCO)NCCc1cccc(OCC2CC2)c1. The van der Waals surface area contributed by atoms with Crippen LogP contribution in [0.5, 0.6) is 5.75 Å². The molecule has 0 amide bonds. The van der Waals surface area contributed by atoms with Gasteiger partial charge in [-0.2, -0.15) is 0 Å². The minimum atomic E-state index is -3.34. The molecule has 0 aromatic heterocycles. The minimum absolute atomic E-state index is 0.0837. The van der Waals surface area contributed by atoms with E-state index < -0.39 is 10.0 Å². The predicted octanol–water partition coefficient (Wildman–Crippen LogP) is 0.946. The molecule has 0 bridgehead atoms. The van der Waals surface area contributed by atoms with Crippen LogP contribution in [0.2, 0.25) is 0 Å². The predicted molar refractivity (Wildman–Crippen MR) is 88.1 cm³/mol. The van der Waals surface area contributed by atoms with Gasteiger partial charge in [0.15, 0.2) is 0 Å². The van der Waals surface area contributed by atoms with Crippen molar-refractivity contribution in [1.82, 2.24) is 4.72 Å². The van der Waals surface area contributed by atoms with Crippen molar-refractivity contribution in [1.29, 1.82) is 0 Å². The molecule has 0 unspecified atom stereocenters. The van der Waals surface area contributed by atoms with E-state index in [2.05, 4.69) is 4.72 Å². The molecule has 7 heteroatoms. The molecule has 0 heterocycles. The number of aliphatic hydroxyl groups is 1. The second-order valence-electron chi connectivity index (χ2n) is 5.70. The van der Waals surface area contributed by atoms with Crippen LogP contribution >= 0.6 is 0 Å². The van der Waals surface area contributed by atoms with Gasteiger partial charge in [0.2, 0.25) is 10.0 Å². The largest absolute Gasteiger partial charge is 0.493 e. The second kappa shape index (κ2) is 9.22. The van der Waals surface area contributed by atoms with E-state index in [9.17, 15) is 8.42 Å².